The minimum atomic E-state index is -1.24. The van der Waals surface area contributed by atoms with Gasteiger partial charge in [0.2, 0.25) is 0 Å². The number of rotatable bonds is 9. The van der Waals surface area contributed by atoms with Crippen LogP contribution in [0.3, 0.4) is 0 Å². The summed E-state index contributed by atoms with van der Waals surface area (Å²) in [4.78, 5) is 12.3. The molecule has 3 rings (SSSR count). The fraction of sp³-hybridized carbons (Fsp3) is 0.300. The number of ether oxygens (including phenoxy) is 1. The lowest BCUT2D eigenvalue weighted by Crippen LogP contribution is -2.15. The van der Waals surface area contributed by atoms with Gasteiger partial charge in [-0.1, -0.05) is 13.3 Å². The van der Waals surface area contributed by atoms with Crippen LogP contribution in [-0.2, 0) is 17.6 Å². The number of tetrazole rings is 1. The first-order chi connectivity index (χ1) is 14.0. The zero-order chi connectivity index (χ0) is 20.8. The van der Waals surface area contributed by atoms with E-state index in [-0.39, 0.29) is 23.7 Å². The molecular weight excluding hydrogens is 392 g/mol. The number of ketones is 1. The van der Waals surface area contributed by atoms with Gasteiger partial charge in [0, 0.05) is 11.1 Å². The number of benzene rings is 2. The first-order valence-corrected chi connectivity index (χ1v) is 10.5. The summed E-state index contributed by atoms with van der Waals surface area (Å²) in [6.45, 7) is 3.62. The molecule has 1 heterocycles. The maximum Gasteiger partial charge on any atom is 0.179 e. The summed E-state index contributed by atoms with van der Waals surface area (Å²) in [6.07, 6.45) is 1.38. The maximum atomic E-state index is 12.5. The molecular formula is C20H22N4O4S. The normalized spacial score (nSPS) is 12.0. The minimum absolute atomic E-state index is 0.0320. The topological polar surface area (TPSA) is 124 Å². The number of aromatic amines is 1. The molecule has 1 atom stereocenters. The van der Waals surface area contributed by atoms with Crippen LogP contribution in [0.4, 0.5) is 0 Å². The van der Waals surface area contributed by atoms with Crippen molar-refractivity contribution in [2.24, 2.45) is 0 Å². The number of phenols is 1. The highest BCUT2D eigenvalue weighted by Gasteiger charge is 2.17. The number of carbonyl (C=O) groups is 1. The van der Waals surface area contributed by atoms with Crippen LogP contribution in [0.2, 0.25) is 0 Å². The van der Waals surface area contributed by atoms with Crippen LogP contribution in [-0.4, -0.2) is 48.4 Å². The van der Waals surface area contributed by atoms with Crippen molar-refractivity contribution >= 4 is 17.0 Å². The molecule has 0 spiro atoms. The van der Waals surface area contributed by atoms with E-state index in [1.165, 1.54) is 6.92 Å². The molecule has 1 aromatic heterocycles. The molecule has 2 aromatic carbocycles. The molecule has 0 amide bonds. The summed E-state index contributed by atoms with van der Waals surface area (Å²) in [5, 5.41) is 24.0. The second-order valence-corrected chi connectivity index (χ2v) is 7.99. The highest BCUT2D eigenvalue weighted by Crippen LogP contribution is 2.33. The molecule has 0 aliphatic carbocycles. The average molecular weight is 414 g/mol. The zero-order valence-corrected chi connectivity index (χ0v) is 17.0. The van der Waals surface area contributed by atoms with Crippen molar-refractivity contribution in [3.05, 3.63) is 47.5 Å². The molecule has 9 heteroatoms. The molecule has 2 N–H and O–H groups in total. The SMILES string of the molecule is CCCc1c(OCC[S+]([O-])c2ccc(-c3nnn[nH]3)cc2)ccc(C(C)=O)c1O. The molecule has 0 bridgehead atoms. The number of nitrogens with one attached hydrogen (secondary N) is 1. The molecule has 8 nitrogen and oxygen atoms in total. The first kappa shape index (κ1) is 20.8. The Labute approximate surface area is 171 Å². The Kier molecular flexibility index (Phi) is 6.84. The van der Waals surface area contributed by atoms with Gasteiger partial charge in [-0.2, -0.15) is 0 Å². The largest absolute Gasteiger partial charge is 0.611 e. The Morgan fingerprint density at radius 1 is 1.24 bits per heavy atom. The first-order valence-electron chi connectivity index (χ1n) is 9.22. The van der Waals surface area contributed by atoms with Gasteiger partial charge in [-0.25, -0.2) is 5.10 Å². The van der Waals surface area contributed by atoms with Gasteiger partial charge in [-0.15, -0.1) is 5.10 Å². The second-order valence-electron chi connectivity index (χ2n) is 6.42. The van der Waals surface area contributed by atoms with Crippen LogP contribution >= 0.6 is 0 Å². The summed E-state index contributed by atoms with van der Waals surface area (Å²) in [5.74, 6) is 1.12. The van der Waals surface area contributed by atoms with Gasteiger partial charge >= 0.3 is 0 Å². The van der Waals surface area contributed by atoms with Gasteiger partial charge in [-0.05, 0) is 71.3 Å². The Balaban J connectivity index is 1.63. The molecule has 0 fully saturated rings. The monoisotopic (exact) mass is 414 g/mol. The molecule has 0 saturated heterocycles. The van der Waals surface area contributed by atoms with E-state index in [4.69, 9.17) is 4.74 Å². The van der Waals surface area contributed by atoms with Crippen LogP contribution in [0.15, 0.2) is 41.3 Å². The van der Waals surface area contributed by atoms with Gasteiger partial charge < -0.3 is 14.4 Å². The Bertz CT molecular complexity index is 961. The molecule has 0 aliphatic rings. The van der Waals surface area contributed by atoms with E-state index in [1.54, 1.807) is 36.4 Å². The van der Waals surface area contributed by atoms with Crippen molar-refractivity contribution in [1.29, 1.82) is 0 Å². The molecule has 0 radical (unpaired) electrons. The summed E-state index contributed by atoms with van der Waals surface area (Å²) < 4.78 is 18.3. The third-order valence-electron chi connectivity index (χ3n) is 4.38. The Morgan fingerprint density at radius 3 is 2.62 bits per heavy atom. The van der Waals surface area contributed by atoms with Crippen LogP contribution in [0.25, 0.3) is 11.4 Å². The van der Waals surface area contributed by atoms with Crippen molar-refractivity contribution < 1.29 is 19.2 Å². The van der Waals surface area contributed by atoms with Gasteiger partial charge in [0.25, 0.3) is 0 Å². The highest BCUT2D eigenvalue weighted by atomic mass is 32.2. The molecule has 29 heavy (non-hydrogen) atoms. The number of carbonyl (C=O) groups excluding carboxylic acids is 1. The fourth-order valence-electron chi connectivity index (χ4n) is 2.92. The Morgan fingerprint density at radius 2 is 2.00 bits per heavy atom. The van der Waals surface area contributed by atoms with E-state index in [0.29, 0.717) is 34.2 Å². The number of aromatic hydroxyl groups is 1. The second kappa shape index (κ2) is 9.53. The lowest BCUT2D eigenvalue weighted by Gasteiger charge is -2.16. The summed E-state index contributed by atoms with van der Waals surface area (Å²) in [6, 6.07) is 10.4. The minimum Gasteiger partial charge on any atom is -0.611 e. The zero-order valence-electron chi connectivity index (χ0n) is 16.2. The third-order valence-corrected chi connectivity index (χ3v) is 5.72. The van der Waals surface area contributed by atoms with Crippen molar-refractivity contribution in [3.63, 3.8) is 0 Å². The van der Waals surface area contributed by atoms with Gasteiger partial charge in [0.05, 0.1) is 5.56 Å². The smallest absolute Gasteiger partial charge is 0.179 e. The predicted octanol–water partition coefficient (Wildman–Crippen LogP) is 2.91. The summed E-state index contributed by atoms with van der Waals surface area (Å²) >= 11 is -1.24. The molecule has 0 aliphatic heterocycles. The van der Waals surface area contributed by atoms with Gasteiger partial charge in [-0.3, -0.25) is 4.79 Å². The number of hydrogen-bond donors (Lipinski definition) is 2. The van der Waals surface area contributed by atoms with Crippen molar-refractivity contribution in [3.8, 4) is 22.9 Å². The van der Waals surface area contributed by atoms with E-state index in [2.05, 4.69) is 20.6 Å². The van der Waals surface area contributed by atoms with Crippen LogP contribution in [0.1, 0.15) is 36.2 Å². The van der Waals surface area contributed by atoms with Crippen molar-refractivity contribution in [2.75, 3.05) is 12.4 Å². The van der Waals surface area contributed by atoms with E-state index < -0.39 is 11.2 Å². The van der Waals surface area contributed by atoms with Gasteiger partial charge in [0.15, 0.2) is 16.5 Å². The number of hydrogen-bond acceptors (Lipinski definition) is 7. The van der Waals surface area contributed by atoms with Crippen LogP contribution in [0, 0.1) is 0 Å². The molecule has 1 unspecified atom stereocenters. The Hall–Kier alpha value is -2.91. The standard InChI is InChI=1S/C20H22N4O4S/c1-3-4-17-18(10-9-16(13(2)25)19(17)26)28-11-12-29(27)15-7-5-14(6-8-15)20-21-23-24-22-20/h5-10,26H,3-4,11-12H2,1-2H3,(H,21,22,23,24). The van der Waals surface area contributed by atoms with E-state index >= 15 is 0 Å². The van der Waals surface area contributed by atoms with Crippen LogP contribution < -0.4 is 4.74 Å². The van der Waals surface area contributed by atoms with Gasteiger partial charge in [0.1, 0.15) is 23.9 Å². The number of nitrogens with zero attached hydrogens (tertiary/aromatic N) is 3. The van der Waals surface area contributed by atoms with Crippen molar-refractivity contribution in [2.45, 2.75) is 31.6 Å². The van der Waals surface area contributed by atoms with E-state index in [9.17, 15) is 14.5 Å². The molecule has 0 saturated carbocycles. The quantitative estimate of drug-likeness (QED) is 0.407. The molecule has 152 valence electrons. The lowest BCUT2D eigenvalue weighted by molar-refractivity contribution is 0.101. The number of phenolic OH excluding ortho intramolecular Hbond substituents is 1. The van der Waals surface area contributed by atoms with E-state index in [1.807, 2.05) is 6.92 Å². The predicted molar refractivity (Wildman–Crippen MR) is 108 cm³/mol. The average Bonchev–Trinajstić information content (AvgIpc) is 3.25. The fourth-order valence-corrected chi connectivity index (χ4v) is 3.83. The number of Topliss-reactive ketones (excluding diaryl/α,β-unsaturated/α-hetero) is 1. The molecule has 3 aromatic rings. The number of aromatic nitrogens is 4. The summed E-state index contributed by atoms with van der Waals surface area (Å²) in [5.41, 5.74) is 1.69. The summed E-state index contributed by atoms with van der Waals surface area (Å²) in [7, 11) is 0. The van der Waals surface area contributed by atoms with Crippen LogP contribution in [0.5, 0.6) is 11.5 Å². The lowest BCUT2D eigenvalue weighted by atomic mass is 10.0. The maximum absolute atomic E-state index is 12.5. The number of H-pyrrole nitrogens is 1. The third kappa shape index (κ3) is 4.93. The highest BCUT2D eigenvalue weighted by molar-refractivity contribution is 7.91. The van der Waals surface area contributed by atoms with E-state index in [0.717, 1.165) is 12.0 Å². The van der Waals surface area contributed by atoms with Crippen molar-refractivity contribution in [1.82, 2.24) is 20.6 Å².